The first-order valence-electron chi connectivity index (χ1n) is 10.00. The van der Waals surface area contributed by atoms with Crippen LogP contribution in [0, 0.1) is 6.92 Å². The van der Waals surface area contributed by atoms with Gasteiger partial charge in [-0.3, -0.25) is 14.4 Å². The lowest BCUT2D eigenvalue weighted by Gasteiger charge is -2.36. The highest BCUT2D eigenvalue weighted by atomic mass is 16.5. The van der Waals surface area contributed by atoms with Gasteiger partial charge in [-0.2, -0.15) is 10.1 Å². The first kappa shape index (κ1) is 19.3. The van der Waals surface area contributed by atoms with Gasteiger partial charge in [0.1, 0.15) is 0 Å². The van der Waals surface area contributed by atoms with Gasteiger partial charge in [-0.05, 0) is 19.4 Å². The summed E-state index contributed by atoms with van der Waals surface area (Å²) < 4.78 is 7.33. The molecule has 1 aromatic carbocycles. The summed E-state index contributed by atoms with van der Waals surface area (Å²) in [6, 6.07) is 9.83. The maximum Gasteiger partial charge on any atom is 0.244 e. The van der Waals surface area contributed by atoms with Crippen molar-refractivity contribution in [2.75, 3.05) is 26.2 Å². The number of hydrogen-bond donors (Lipinski definition) is 0. The van der Waals surface area contributed by atoms with Crippen LogP contribution in [0.3, 0.4) is 0 Å². The minimum Gasteiger partial charge on any atom is -0.340 e. The van der Waals surface area contributed by atoms with Gasteiger partial charge < -0.3 is 9.42 Å². The molecule has 1 aliphatic heterocycles. The van der Waals surface area contributed by atoms with E-state index in [-0.39, 0.29) is 11.9 Å². The van der Waals surface area contributed by atoms with Gasteiger partial charge in [0.15, 0.2) is 0 Å². The normalized spacial score (nSPS) is 16.1. The zero-order valence-electron chi connectivity index (χ0n) is 16.9. The molecule has 1 saturated heterocycles. The Hall–Kier alpha value is -3.00. The van der Waals surface area contributed by atoms with E-state index in [2.05, 4.69) is 27.1 Å². The van der Waals surface area contributed by atoms with Crippen molar-refractivity contribution in [3.8, 4) is 11.4 Å². The van der Waals surface area contributed by atoms with Crippen molar-refractivity contribution < 1.29 is 9.32 Å². The summed E-state index contributed by atoms with van der Waals surface area (Å²) >= 11 is 0. The lowest BCUT2D eigenvalue weighted by atomic mass is 10.2. The maximum absolute atomic E-state index is 12.5. The van der Waals surface area contributed by atoms with E-state index in [9.17, 15) is 4.79 Å². The second-order valence-electron chi connectivity index (χ2n) is 7.45. The number of nitrogens with zero attached hydrogens (tertiary/aromatic N) is 6. The van der Waals surface area contributed by atoms with E-state index in [1.165, 1.54) is 0 Å². The fourth-order valence-corrected chi connectivity index (χ4v) is 3.58. The van der Waals surface area contributed by atoms with Crippen LogP contribution in [0.1, 0.15) is 30.8 Å². The summed E-state index contributed by atoms with van der Waals surface area (Å²) in [7, 11) is 0. The Morgan fingerprint density at radius 1 is 1.17 bits per heavy atom. The molecule has 1 fully saturated rings. The fraction of sp³-hybridized carbons (Fsp3) is 0.429. The summed E-state index contributed by atoms with van der Waals surface area (Å²) in [6.07, 6.45) is 4.24. The molecule has 0 saturated carbocycles. The number of benzene rings is 1. The average Bonchev–Trinajstić information content (AvgIpc) is 3.41. The van der Waals surface area contributed by atoms with Gasteiger partial charge in [0.25, 0.3) is 0 Å². The van der Waals surface area contributed by atoms with E-state index in [0.717, 1.165) is 24.2 Å². The van der Waals surface area contributed by atoms with Crippen LogP contribution in [0.4, 0.5) is 0 Å². The van der Waals surface area contributed by atoms with Gasteiger partial charge >= 0.3 is 0 Å². The molecular weight excluding hydrogens is 368 g/mol. The van der Waals surface area contributed by atoms with E-state index < -0.39 is 0 Å². The van der Waals surface area contributed by atoms with Gasteiger partial charge in [-0.25, -0.2) is 0 Å². The molecule has 1 unspecified atom stereocenters. The lowest BCUT2D eigenvalue weighted by Crippen LogP contribution is -2.49. The van der Waals surface area contributed by atoms with Crippen molar-refractivity contribution in [1.82, 2.24) is 29.7 Å². The van der Waals surface area contributed by atoms with Crippen LogP contribution >= 0.6 is 0 Å². The SMILES string of the molecule is Cc1cnn(CCC(=O)N2CCN(C(C)c3nc(-c4ccccc4)no3)CC2)c1. The number of carbonyl (C=O) groups is 1. The third kappa shape index (κ3) is 4.54. The Labute approximate surface area is 170 Å². The van der Waals surface area contributed by atoms with Crippen molar-refractivity contribution >= 4 is 5.91 Å². The fourth-order valence-electron chi connectivity index (χ4n) is 3.58. The maximum atomic E-state index is 12.5. The van der Waals surface area contributed by atoms with Crippen LogP contribution in [0.25, 0.3) is 11.4 Å². The van der Waals surface area contributed by atoms with E-state index in [0.29, 0.717) is 37.8 Å². The van der Waals surface area contributed by atoms with Crippen LogP contribution < -0.4 is 0 Å². The molecule has 1 aliphatic rings. The zero-order valence-corrected chi connectivity index (χ0v) is 16.9. The molecule has 3 heterocycles. The Morgan fingerprint density at radius 3 is 2.62 bits per heavy atom. The largest absolute Gasteiger partial charge is 0.340 e. The number of aromatic nitrogens is 4. The molecule has 0 aliphatic carbocycles. The summed E-state index contributed by atoms with van der Waals surface area (Å²) in [6.45, 7) is 7.68. The quantitative estimate of drug-likeness (QED) is 0.639. The molecule has 29 heavy (non-hydrogen) atoms. The van der Waals surface area contributed by atoms with E-state index >= 15 is 0 Å². The molecule has 152 valence electrons. The Bertz CT molecular complexity index is 943. The van der Waals surface area contributed by atoms with Crippen LogP contribution in [-0.4, -0.2) is 61.8 Å². The van der Waals surface area contributed by atoms with Crippen LogP contribution in [-0.2, 0) is 11.3 Å². The highest BCUT2D eigenvalue weighted by Crippen LogP contribution is 2.23. The number of rotatable bonds is 6. The summed E-state index contributed by atoms with van der Waals surface area (Å²) in [5, 5.41) is 8.35. The molecular formula is C21H26N6O2. The van der Waals surface area contributed by atoms with E-state index in [1.807, 2.05) is 59.2 Å². The minimum absolute atomic E-state index is 0.0178. The molecule has 0 radical (unpaired) electrons. The topological polar surface area (TPSA) is 80.3 Å². The summed E-state index contributed by atoms with van der Waals surface area (Å²) in [4.78, 5) is 21.3. The molecule has 2 aromatic heterocycles. The van der Waals surface area contributed by atoms with Gasteiger partial charge in [0.05, 0.1) is 12.2 Å². The highest BCUT2D eigenvalue weighted by Gasteiger charge is 2.27. The third-order valence-corrected chi connectivity index (χ3v) is 5.36. The predicted molar refractivity (Wildman–Crippen MR) is 108 cm³/mol. The van der Waals surface area contributed by atoms with Gasteiger partial charge in [-0.1, -0.05) is 35.5 Å². The highest BCUT2D eigenvalue weighted by molar-refractivity contribution is 5.76. The minimum atomic E-state index is 0.0178. The molecule has 3 aromatic rings. The zero-order chi connectivity index (χ0) is 20.2. The van der Waals surface area contributed by atoms with Gasteiger partial charge in [0.2, 0.25) is 17.6 Å². The van der Waals surface area contributed by atoms with Gasteiger partial charge in [0, 0.05) is 50.9 Å². The van der Waals surface area contributed by atoms with Crippen molar-refractivity contribution in [3.63, 3.8) is 0 Å². The smallest absolute Gasteiger partial charge is 0.244 e. The predicted octanol–water partition coefficient (Wildman–Crippen LogP) is 2.54. The molecule has 1 amide bonds. The molecule has 0 bridgehead atoms. The van der Waals surface area contributed by atoms with Crippen molar-refractivity contribution in [1.29, 1.82) is 0 Å². The van der Waals surface area contributed by atoms with Crippen molar-refractivity contribution in [3.05, 3.63) is 54.2 Å². The van der Waals surface area contributed by atoms with Gasteiger partial charge in [-0.15, -0.1) is 0 Å². The number of aryl methyl sites for hydroxylation is 2. The molecule has 8 nitrogen and oxygen atoms in total. The summed E-state index contributed by atoms with van der Waals surface area (Å²) in [5.41, 5.74) is 2.05. The van der Waals surface area contributed by atoms with Crippen LogP contribution in [0.5, 0.6) is 0 Å². The van der Waals surface area contributed by atoms with Crippen molar-refractivity contribution in [2.45, 2.75) is 32.9 Å². The monoisotopic (exact) mass is 394 g/mol. The second kappa shape index (κ2) is 8.57. The first-order chi connectivity index (χ1) is 14.1. The number of carbonyl (C=O) groups excluding carboxylic acids is 1. The Balaban J connectivity index is 1.29. The molecule has 0 spiro atoms. The lowest BCUT2D eigenvalue weighted by molar-refractivity contribution is -0.133. The second-order valence-corrected chi connectivity index (χ2v) is 7.45. The van der Waals surface area contributed by atoms with Crippen molar-refractivity contribution in [2.24, 2.45) is 0 Å². The number of amides is 1. The Kier molecular flexibility index (Phi) is 5.71. The average molecular weight is 394 g/mol. The van der Waals surface area contributed by atoms with Crippen LogP contribution in [0.15, 0.2) is 47.2 Å². The Morgan fingerprint density at radius 2 is 1.93 bits per heavy atom. The molecule has 1 atom stereocenters. The van der Waals surface area contributed by atoms with E-state index in [1.54, 1.807) is 0 Å². The first-order valence-corrected chi connectivity index (χ1v) is 10.00. The third-order valence-electron chi connectivity index (χ3n) is 5.36. The number of hydrogen-bond acceptors (Lipinski definition) is 6. The van der Waals surface area contributed by atoms with Crippen LogP contribution in [0.2, 0.25) is 0 Å². The summed E-state index contributed by atoms with van der Waals surface area (Å²) in [5.74, 6) is 1.39. The standard InChI is InChI=1S/C21H26N6O2/c1-16-14-22-27(15-16)9-8-19(28)26-12-10-25(11-13-26)17(2)21-23-20(24-29-21)18-6-4-3-5-7-18/h3-7,14-15,17H,8-13H2,1-2H3. The number of piperazine rings is 1. The van der Waals surface area contributed by atoms with E-state index in [4.69, 9.17) is 4.52 Å². The molecule has 0 N–H and O–H groups in total. The molecule has 8 heteroatoms. The molecule has 4 rings (SSSR count).